The van der Waals surface area contributed by atoms with Crippen molar-refractivity contribution >= 4 is 17.6 Å². The summed E-state index contributed by atoms with van der Waals surface area (Å²) in [5.41, 5.74) is 6.62. The normalized spacial score (nSPS) is 20.1. The third-order valence-corrected chi connectivity index (χ3v) is 7.10. The van der Waals surface area contributed by atoms with Crippen LogP contribution in [0.5, 0.6) is 5.75 Å². The van der Waals surface area contributed by atoms with Gasteiger partial charge in [0.1, 0.15) is 18.2 Å². The minimum atomic E-state index is -0.249. The third-order valence-electron chi connectivity index (χ3n) is 7.10. The zero-order valence-electron chi connectivity index (χ0n) is 19.8. The molecule has 3 nitrogen and oxygen atoms in total. The number of aliphatic imine (C=N–C) groups is 1. The number of anilines is 1. The first-order chi connectivity index (χ1) is 17.7. The molecule has 0 radical (unpaired) electrons. The summed E-state index contributed by atoms with van der Waals surface area (Å²) in [6, 6.07) is 31.6. The smallest absolute Gasteiger partial charge is 0.128 e. The molecule has 4 aromatic carbocycles. The Labute approximate surface area is 211 Å². The first kappa shape index (κ1) is 22.3. The lowest BCUT2D eigenvalue weighted by molar-refractivity contribution is 0.305. The fourth-order valence-corrected chi connectivity index (χ4v) is 5.25. The number of halogens is 1. The standard InChI is InChI=1S/C32H27FN2O/c33-25-16-12-22(13-17-25)21-36-31-11-4-1-6-24(31)20-34-26-18-14-23(15-19-26)32-29-9-5-8-27(29)28-7-2-3-10-30(28)35-32/h1-8,10-20,27,29,32,35H,9,21H2/t27-,29+,32-/m0/s1. The van der Waals surface area contributed by atoms with E-state index in [1.807, 2.05) is 30.5 Å². The van der Waals surface area contributed by atoms with Gasteiger partial charge in [-0.2, -0.15) is 0 Å². The van der Waals surface area contributed by atoms with Crippen LogP contribution >= 0.6 is 0 Å². The summed E-state index contributed by atoms with van der Waals surface area (Å²) >= 11 is 0. The van der Waals surface area contributed by atoms with Crippen molar-refractivity contribution in [1.29, 1.82) is 0 Å². The quantitative estimate of drug-likeness (QED) is 0.227. The summed E-state index contributed by atoms with van der Waals surface area (Å²) in [5.74, 6) is 1.49. The van der Waals surface area contributed by atoms with E-state index in [1.165, 1.54) is 28.9 Å². The van der Waals surface area contributed by atoms with Crippen LogP contribution in [0.1, 0.15) is 40.6 Å². The average Bonchev–Trinajstić information content (AvgIpc) is 3.42. The molecule has 0 unspecified atom stereocenters. The van der Waals surface area contributed by atoms with Gasteiger partial charge in [0.15, 0.2) is 0 Å². The van der Waals surface area contributed by atoms with E-state index in [1.54, 1.807) is 12.1 Å². The number of ether oxygens (including phenoxy) is 1. The van der Waals surface area contributed by atoms with Gasteiger partial charge in [0, 0.05) is 23.4 Å². The van der Waals surface area contributed by atoms with Crippen LogP contribution in [-0.2, 0) is 6.61 Å². The Kier molecular flexibility index (Phi) is 6.08. The van der Waals surface area contributed by atoms with Crippen molar-refractivity contribution in [2.75, 3.05) is 5.32 Å². The second-order valence-electron chi connectivity index (χ2n) is 9.37. The molecule has 2 aliphatic rings. The Balaban J connectivity index is 1.17. The summed E-state index contributed by atoms with van der Waals surface area (Å²) < 4.78 is 19.1. The molecule has 0 saturated heterocycles. The number of allylic oxidation sites excluding steroid dienone is 2. The first-order valence-electron chi connectivity index (χ1n) is 12.4. The molecule has 0 spiro atoms. The second kappa shape index (κ2) is 9.82. The van der Waals surface area contributed by atoms with Gasteiger partial charge in [-0.3, -0.25) is 4.99 Å². The number of benzene rings is 4. The first-order valence-corrected chi connectivity index (χ1v) is 12.4. The van der Waals surface area contributed by atoms with Crippen molar-refractivity contribution in [3.63, 3.8) is 0 Å². The van der Waals surface area contributed by atoms with Crippen molar-refractivity contribution in [2.24, 2.45) is 10.9 Å². The Hall–Kier alpha value is -4.18. The van der Waals surface area contributed by atoms with Crippen molar-refractivity contribution in [3.8, 4) is 5.75 Å². The largest absolute Gasteiger partial charge is 0.488 e. The maximum Gasteiger partial charge on any atom is 0.128 e. The topological polar surface area (TPSA) is 33.6 Å². The van der Waals surface area contributed by atoms with E-state index < -0.39 is 0 Å². The zero-order valence-corrected chi connectivity index (χ0v) is 19.8. The van der Waals surface area contributed by atoms with Gasteiger partial charge in [-0.05, 0) is 71.5 Å². The summed E-state index contributed by atoms with van der Waals surface area (Å²) in [6.45, 7) is 0.369. The minimum Gasteiger partial charge on any atom is -0.488 e. The Morgan fingerprint density at radius 3 is 2.53 bits per heavy atom. The Bertz CT molecular complexity index is 1410. The van der Waals surface area contributed by atoms with Crippen molar-refractivity contribution in [3.05, 3.63) is 137 Å². The van der Waals surface area contributed by atoms with Crippen LogP contribution in [0.25, 0.3) is 0 Å². The van der Waals surface area contributed by atoms with E-state index in [0.717, 1.165) is 29.0 Å². The maximum absolute atomic E-state index is 13.2. The highest BCUT2D eigenvalue weighted by molar-refractivity contribution is 5.85. The van der Waals surface area contributed by atoms with Crippen molar-refractivity contribution < 1.29 is 9.13 Å². The number of nitrogens with zero attached hydrogens (tertiary/aromatic N) is 1. The Morgan fingerprint density at radius 1 is 0.889 bits per heavy atom. The summed E-state index contributed by atoms with van der Waals surface area (Å²) in [5, 5.41) is 3.78. The predicted molar refractivity (Wildman–Crippen MR) is 144 cm³/mol. The molecule has 0 amide bonds. The molecular weight excluding hydrogens is 447 g/mol. The molecule has 6 rings (SSSR count). The third kappa shape index (κ3) is 4.55. The SMILES string of the molecule is Fc1ccc(COc2ccccc2C=Nc2ccc([C@@H]3Nc4ccccc4[C@@H]4C=CC[C@H]43)cc2)cc1. The summed E-state index contributed by atoms with van der Waals surface area (Å²) in [6.07, 6.45) is 7.61. The highest BCUT2D eigenvalue weighted by atomic mass is 19.1. The van der Waals surface area contributed by atoms with Gasteiger partial charge in [0.05, 0.1) is 11.7 Å². The lowest BCUT2D eigenvalue weighted by Gasteiger charge is -2.37. The molecule has 0 aromatic heterocycles. The van der Waals surface area contributed by atoms with Gasteiger partial charge < -0.3 is 10.1 Å². The highest BCUT2D eigenvalue weighted by Crippen LogP contribution is 2.49. The van der Waals surface area contributed by atoms with Crippen LogP contribution in [0, 0.1) is 11.7 Å². The van der Waals surface area contributed by atoms with Crippen LogP contribution in [0.3, 0.4) is 0 Å². The highest BCUT2D eigenvalue weighted by Gasteiger charge is 2.37. The van der Waals surface area contributed by atoms with E-state index in [4.69, 9.17) is 9.73 Å². The van der Waals surface area contributed by atoms with E-state index >= 15 is 0 Å². The van der Waals surface area contributed by atoms with Crippen LogP contribution in [-0.4, -0.2) is 6.21 Å². The fourth-order valence-electron chi connectivity index (χ4n) is 5.25. The molecule has 0 fully saturated rings. The molecular formula is C32H27FN2O. The number of hydrogen-bond acceptors (Lipinski definition) is 3. The van der Waals surface area contributed by atoms with Gasteiger partial charge in [0.25, 0.3) is 0 Å². The molecule has 0 saturated carbocycles. The number of para-hydroxylation sites is 2. The number of rotatable bonds is 6. The maximum atomic E-state index is 13.2. The number of hydrogen-bond donors (Lipinski definition) is 1. The molecule has 1 aliphatic heterocycles. The van der Waals surface area contributed by atoms with Gasteiger partial charge >= 0.3 is 0 Å². The molecule has 1 heterocycles. The molecule has 178 valence electrons. The number of fused-ring (bicyclic) bond motifs is 3. The fraction of sp³-hybridized carbons (Fsp3) is 0.156. The van der Waals surface area contributed by atoms with Crippen LogP contribution in [0.4, 0.5) is 15.8 Å². The van der Waals surface area contributed by atoms with Crippen LogP contribution in [0.15, 0.2) is 114 Å². The van der Waals surface area contributed by atoms with Gasteiger partial charge in [-0.25, -0.2) is 4.39 Å². The van der Waals surface area contributed by atoms with Crippen molar-refractivity contribution in [1.82, 2.24) is 0 Å². The molecule has 1 aliphatic carbocycles. The monoisotopic (exact) mass is 474 g/mol. The Morgan fingerprint density at radius 2 is 1.67 bits per heavy atom. The lowest BCUT2D eigenvalue weighted by Crippen LogP contribution is -2.28. The molecule has 0 bridgehead atoms. The number of nitrogens with one attached hydrogen (secondary N) is 1. The zero-order chi connectivity index (χ0) is 24.3. The molecule has 4 heteroatoms. The van der Waals surface area contributed by atoms with Crippen LogP contribution in [0.2, 0.25) is 0 Å². The average molecular weight is 475 g/mol. The van der Waals surface area contributed by atoms with Crippen molar-refractivity contribution in [2.45, 2.75) is 25.0 Å². The predicted octanol–water partition coefficient (Wildman–Crippen LogP) is 7.98. The van der Waals surface area contributed by atoms with Gasteiger partial charge in [-0.15, -0.1) is 0 Å². The second-order valence-corrected chi connectivity index (χ2v) is 9.37. The van der Waals surface area contributed by atoms with E-state index in [0.29, 0.717) is 18.4 Å². The van der Waals surface area contributed by atoms with Crippen LogP contribution < -0.4 is 10.1 Å². The van der Waals surface area contributed by atoms with Gasteiger partial charge in [0.2, 0.25) is 0 Å². The molecule has 36 heavy (non-hydrogen) atoms. The lowest BCUT2D eigenvalue weighted by atomic mass is 9.77. The summed E-state index contributed by atoms with van der Waals surface area (Å²) in [4.78, 5) is 4.71. The minimum absolute atomic E-state index is 0.249. The molecule has 4 aromatic rings. The van der Waals surface area contributed by atoms with E-state index in [9.17, 15) is 4.39 Å². The molecule has 3 atom stereocenters. The summed E-state index contributed by atoms with van der Waals surface area (Å²) in [7, 11) is 0. The van der Waals surface area contributed by atoms with Gasteiger partial charge in [-0.1, -0.05) is 66.7 Å². The van der Waals surface area contributed by atoms with E-state index in [2.05, 4.69) is 66.0 Å². The molecule has 1 N–H and O–H groups in total. The van der Waals surface area contributed by atoms with E-state index in [-0.39, 0.29) is 11.9 Å².